The Balaban J connectivity index is 1.52. The monoisotopic (exact) mass is 390 g/mol. The van der Waals surface area contributed by atoms with Gasteiger partial charge in [0.1, 0.15) is 4.32 Å². The SMILES string of the molecule is CN1CCN(NC(=O)CCN2C(=O)/C(=C\c3ccccc3)SC2=S)CC1. The van der Waals surface area contributed by atoms with Gasteiger partial charge in [0, 0.05) is 39.1 Å². The van der Waals surface area contributed by atoms with E-state index in [2.05, 4.69) is 17.4 Å². The number of nitrogens with one attached hydrogen (secondary N) is 1. The first-order valence-electron chi connectivity index (χ1n) is 8.56. The number of hydrazine groups is 1. The zero-order valence-electron chi connectivity index (χ0n) is 14.7. The summed E-state index contributed by atoms with van der Waals surface area (Å²) in [5.74, 6) is -0.216. The Bertz CT molecular complexity index is 715. The van der Waals surface area contributed by atoms with Gasteiger partial charge in [0.2, 0.25) is 5.91 Å². The van der Waals surface area contributed by atoms with Crippen LogP contribution >= 0.6 is 24.0 Å². The summed E-state index contributed by atoms with van der Waals surface area (Å²) in [6.45, 7) is 3.78. The summed E-state index contributed by atoms with van der Waals surface area (Å²) in [4.78, 5) is 29.1. The molecule has 0 bridgehead atoms. The average molecular weight is 391 g/mol. The van der Waals surface area contributed by atoms with Gasteiger partial charge in [-0.3, -0.25) is 19.9 Å². The lowest BCUT2D eigenvalue weighted by Gasteiger charge is -2.32. The van der Waals surface area contributed by atoms with Crippen LogP contribution in [0, 0.1) is 0 Å². The molecule has 1 N–H and O–H groups in total. The highest BCUT2D eigenvalue weighted by molar-refractivity contribution is 8.26. The number of hydrogen-bond acceptors (Lipinski definition) is 6. The molecule has 0 radical (unpaired) electrons. The molecule has 2 aliphatic rings. The van der Waals surface area contributed by atoms with Crippen LogP contribution in [-0.2, 0) is 9.59 Å². The van der Waals surface area contributed by atoms with Crippen LogP contribution in [0.3, 0.4) is 0 Å². The highest BCUT2D eigenvalue weighted by Gasteiger charge is 2.32. The van der Waals surface area contributed by atoms with Crippen molar-refractivity contribution in [2.45, 2.75) is 6.42 Å². The molecule has 2 heterocycles. The van der Waals surface area contributed by atoms with E-state index in [1.54, 1.807) is 0 Å². The maximum atomic E-state index is 12.6. The van der Waals surface area contributed by atoms with Crippen molar-refractivity contribution in [3.8, 4) is 0 Å². The van der Waals surface area contributed by atoms with Crippen LogP contribution in [0.25, 0.3) is 6.08 Å². The van der Waals surface area contributed by atoms with Crippen LogP contribution in [0.1, 0.15) is 12.0 Å². The molecule has 0 unspecified atom stereocenters. The van der Waals surface area contributed by atoms with Crippen LogP contribution in [0.2, 0.25) is 0 Å². The number of piperazine rings is 1. The molecule has 6 nitrogen and oxygen atoms in total. The third-order valence-electron chi connectivity index (χ3n) is 4.32. The zero-order valence-corrected chi connectivity index (χ0v) is 16.3. The number of thioether (sulfide) groups is 1. The van der Waals surface area contributed by atoms with E-state index in [1.807, 2.05) is 41.4 Å². The summed E-state index contributed by atoms with van der Waals surface area (Å²) in [6, 6.07) is 9.66. The maximum absolute atomic E-state index is 12.6. The third kappa shape index (κ3) is 4.91. The summed E-state index contributed by atoms with van der Waals surface area (Å²) in [6.07, 6.45) is 2.07. The van der Waals surface area contributed by atoms with E-state index >= 15 is 0 Å². The molecule has 26 heavy (non-hydrogen) atoms. The normalized spacial score (nSPS) is 20.8. The van der Waals surface area contributed by atoms with E-state index in [1.165, 1.54) is 16.7 Å². The molecular weight excluding hydrogens is 368 g/mol. The predicted molar refractivity (Wildman–Crippen MR) is 108 cm³/mol. The Labute approximate surface area is 163 Å². The van der Waals surface area contributed by atoms with Gasteiger partial charge in [-0.15, -0.1) is 0 Å². The van der Waals surface area contributed by atoms with Crippen molar-refractivity contribution < 1.29 is 9.59 Å². The second kappa shape index (κ2) is 8.77. The molecule has 0 saturated carbocycles. The fraction of sp³-hybridized carbons (Fsp3) is 0.389. The third-order valence-corrected chi connectivity index (χ3v) is 5.70. The standard InChI is InChI=1S/C18H22N4O2S2/c1-20-9-11-21(12-10-20)19-16(23)7-8-22-17(24)15(26-18(22)25)13-14-5-3-2-4-6-14/h2-6,13H,7-12H2,1H3,(H,19,23)/b15-13+. The summed E-state index contributed by atoms with van der Waals surface area (Å²) < 4.78 is 0.504. The van der Waals surface area contributed by atoms with Crippen LogP contribution in [0.5, 0.6) is 0 Å². The number of rotatable bonds is 5. The molecule has 138 valence electrons. The average Bonchev–Trinajstić information content (AvgIpc) is 2.89. The Kier molecular flexibility index (Phi) is 6.42. The van der Waals surface area contributed by atoms with Gasteiger partial charge in [0.25, 0.3) is 5.91 Å². The number of hydrogen-bond donors (Lipinski definition) is 1. The van der Waals surface area contributed by atoms with E-state index in [-0.39, 0.29) is 18.2 Å². The minimum atomic E-state index is -0.128. The fourth-order valence-electron chi connectivity index (χ4n) is 2.76. The molecular formula is C18H22N4O2S2. The predicted octanol–water partition coefficient (Wildman–Crippen LogP) is 1.56. The molecule has 0 spiro atoms. The van der Waals surface area contributed by atoms with Crippen LogP contribution in [-0.4, -0.2) is 70.7 Å². The number of likely N-dealkylation sites (N-methyl/N-ethyl adjacent to an activating group) is 1. The van der Waals surface area contributed by atoms with Gasteiger partial charge in [0.05, 0.1) is 4.91 Å². The molecule has 1 aromatic carbocycles. The zero-order chi connectivity index (χ0) is 18.5. The first-order valence-corrected chi connectivity index (χ1v) is 9.79. The number of carbonyl (C=O) groups excluding carboxylic acids is 2. The first kappa shape index (κ1) is 19.0. The van der Waals surface area contributed by atoms with Crippen molar-refractivity contribution >= 4 is 46.2 Å². The smallest absolute Gasteiger partial charge is 0.266 e. The van der Waals surface area contributed by atoms with Gasteiger partial charge in [-0.2, -0.15) is 0 Å². The summed E-state index contributed by atoms with van der Waals surface area (Å²) in [5, 5.41) is 1.93. The topological polar surface area (TPSA) is 55.9 Å². The minimum absolute atomic E-state index is 0.0874. The minimum Gasteiger partial charge on any atom is -0.304 e. The number of nitrogens with zero attached hydrogens (tertiary/aromatic N) is 3. The van der Waals surface area contributed by atoms with Gasteiger partial charge >= 0.3 is 0 Å². The van der Waals surface area contributed by atoms with Gasteiger partial charge in [0.15, 0.2) is 0 Å². The lowest BCUT2D eigenvalue weighted by Crippen LogP contribution is -2.52. The highest BCUT2D eigenvalue weighted by Crippen LogP contribution is 2.32. The van der Waals surface area contributed by atoms with Crippen molar-refractivity contribution in [3.05, 3.63) is 40.8 Å². The molecule has 8 heteroatoms. The second-order valence-electron chi connectivity index (χ2n) is 6.32. The molecule has 2 saturated heterocycles. The van der Waals surface area contributed by atoms with E-state index < -0.39 is 0 Å². The first-order chi connectivity index (χ1) is 12.5. The molecule has 0 atom stereocenters. The van der Waals surface area contributed by atoms with Gasteiger partial charge < -0.3 is 4.90 Å². The van der Waals surface area contributed by atoms with Crippen molar-refractivity contribution in [2.75, 3.05) is 39.8 Å². The summed E-state index contributed by atoms with van der Waals surface area (Å²) in [5.41, 5.74) is 3.87. The Morgan fingerprint density at radius 3 is 2.62 bits per heavy atom. The summed E-state index contributed by atoms with van der Waals surface area (Å²) >= 11 is 6.60. The molecule has 3 rings (SSSR count). The van der Waals surface area contributed by atoms with Crippen molar-refractivity contribution in [3.63, 3.8) is 0 Å². The largest absolute Gasteiger partial charge is 0.304 e. The van der Waals surface area contributed by atoms with Gasteiger partial charge in [-0.25, -0.2) is 5.01 Å². The molecule has 2 aliphatic heterocycles. The lowest BCUT2D eigenvalue weighted by molar-refractivity contribution is -0.127. The van der Waals surface area contributed by atoms with E-state index in [4.69, 9.17) is 12.2 Å². The van der Waals surface area contributed by atoms with Crippen LogP contribution in [0.15, 0.2) is 35.2 Å². The fourth-order valence-corrected chi connectivity index (χ4v) is 4.07. The Hall–Kier alpha value is -1.74. The Morgan fingerprint density at radius 1 is 1.23 bits per heavy atom. The van der Waals surface area contributed by atoms with Crippen LogP contribution in [0.4, 0.5) is 0 Å². The Morgan fingerprint density at radius 2 is 1.92 bits per heavy atom. The van der Waals surface area contributed by atoms with Gasteiger partial charge in [-0.05, 0) is 18.7 Å². The van der Waals surface area contributed by atoms with Gasteiger partial charge in [-0.1, -0.05) is 54.3 Å². The number of carbonyl (C=O) groups is 2. The maximum Gasteiger partial charge on any atom is 0.266 e. The molecule has 0 aliphatic carbocycles. The van der Waals surface area contributed by atoms with E-state index in [0.29, 0.717) is 15.8 Å². The van der Waals surface area contributed by atoms with Crippen LogP contribution < -0.4 is 5.43 Å². The molecule has 0 aromatic heterocycles. The quantitative estimate of drug-likeness (QED) is 0.608. The number of thiocarbonyl (C=S) groups is 1. The second-order valence-corrected chi connectivity index (χ2v) is 8.00. The number of amides is 2. The van der Waals surface area contributed by atoms with Crippen molar-refractivity contribution in [2.24, 2.45) is 0 Å². The molecule has 2 amide bonds. The summed E-state index contributed by atoms with van der Waals surface area (Å²) in [7, 11) is 2.07. The van der Waals surface area contributed by atoms with Crippen molar-refractivity contribution in [1.82, 2.24) is 20.2 Å². The lowest BCUT2D eigenvalue weighted by atomic mass is 10.2. The highest BCUT2D eigenvalue weighted by atomic mass is 32.2. The molecule has 1 aromatic rings. The number of benzene rings is 1. The van der Waals surface area contributed by atoms with E-state index in [0.717, 1.165) is 31.7 Å². The van der Waals surface area contributed by atoms with Crippen molar-refractivity contribution in [1.29, 1.82) is 0 Å². The van der Waals surface area contributed by atoms with E-state index in [9.17, 15) is 9.59 Å². The molecule has 2 fully saturated rings.